The van der Waals surface area contributed by atoms with Crippen LogP contribution in [-0.2, 0) is 22.7 Å². The van der Waals surface area contributed by atoms with Gasteiger partial charge in [0.15, 0.2) is 0 Å². The molecule has 0 aliphatic heterocycles. The number of nitrogens with one attached hydrogen (secondary N) is 1. The van der Waals surface area contributed by atoms with Gasteiger partial charge in [-0.1, -0.05) is 18.2 Å². The van der Waals surface area contributed by atoms with E-state index in [4.69, 9.17) is 5.14 Å². The predicted molar refractivity (Wildman–Crippen MR) is 89.7 cm³/mol. The monoisotopic (exact) mass is 387 g/mol. The number of urea groups is 1. The van der Waals surface area contributed by atoms with Crippen LogP contribution in [0.5, 0.6) is 0 Å². The number of sulfonamides is 1. The Balaban J connectivity index is 2.09. The molecule has 0 aliphatic carbocycles. The highest BCUT2D eigenvalue weighted by Gasteiger charge is 2.33. The van der Waals surface area contributed by atoms with Gasteiger partial charge in [0.25, 0.3) is 0 Å². The van der Waals surface area contributed by atoms with E-state index in [0.717, 1.165) is 11.0 Å². The van der Waals surface area contributed by atoms with E-state index >= 15 is 0 Å². The maximum Gasteiger partial charge on any atom is 0.416 e. The summed E-state index contributed by atoms with van der Waals surface area (Å²) in [6, 6.07) is 9.42. The highest BCUT2D eigenvalue weighted by atomic mass is 32.2. The van der Waals surface area contributed by atoms with Crippen molar-refractivity contribution in [3.8, 4) is 0 Å². The second-order valence-electron chi connectivity index (χ2n) is 5.51. The SMILES string of the molecule is CN(Cc1ccccc1C(F)(F)F)C(=O)Nc1ccc(S(N)(=O)=O)cc1. The standard InChI is InChI=1S/C16H16F3N3O3S/c1-22(10-11-4-2-3-5-14(11)16(17,18)19)15(23)21-12-6-8-13(9-7-12)26(20,24)25/h2-9H,10H2,1H3,(H,21,23)(H2,20,24,25). The van der Waals surface area contributed by atoms with Crippen LogP contribution in [0.3, 0.4) is 0 Å². The molecule has 2 aromatic carbocycles. The summed E-state index contributed by atoms with van der Waals surface area (Å²) < 4.78 is 61.4. The highest BCUT2D eigenvalue weighted by molar-refractivity contribution is 7.89. The molecule has 0 atom stereocenters. The van der Waals surface area contributed by atoms with E-state index in [0.29, 0.717) is 0 Å². The van der Waals surface area contributed by atoms with E-state index in [1.165, 1.54) is 49.5 Å². The number of halogens is 3. The van der Waals surface area contributed by atoms with Crippen molar-refractivity contribution in [2.75, 3.05) is 12.4 Å². The van der Waals surface area contributed by atoms with Crippen molar-refractivity contribution in [2.24, 2.45) is 5.14 Å². The molecule has 0 saturated carbocycles. The predicted octanol–water partition coefficient (Wildman–Crippen LogP) is 3.02. The topological polar surface area (TPSA) is 92.5 Å². The number of primary sulfonamides is 1. The molecule has 2 rings (SSSR count). The van der Waals surface area contributed by atoms with Crippen LogP contribution < -0.4 is 10.5 Å². The van der Waals surface area contributed by atoms with Gasteiger partial charge in [0.05, 0.1) is 10.5 Å². The minimum Gasteiger partial charge on any atom is -0.323 e. The average molecular weight is 387 g/mol. The lowest BCUT2D eigenvalue weighted by Gasteiger charge is -2.20. The summed E-state index contributed by atoms with van der Waals surface area (Å²) in [6.45, 7) is -0.253. The van der Waals surface area contributed by atoms with E-state index in [1.807, 2.05) is 0 Å². The summed E-state index contributed by atoms with van der Waals surface area (Å²) in [5.41, 5.74) is -0.572. The van der Waals surface area contributed by atoms with Crippen molar-refractivity contribution >= 4 is 21.7 Å². The second-order valence-corrected chi connectivity index (χ2v) is 7.07. The Morgan fingerprint density at radius 2 is 1.69 bits per heavy atom. The minimum absolute atomic E-state index is 0.0396. The van der Waals surface area contributed by atoms with E-state index in [-0.39, 0.29) is 22.7 Å². The van der Waals surface area contributed by atoms with E-state index < -0.39 is 27.8 Å². The zero-order chi connectivity index (χ0) is 19.5. The number of nitrogens with two attached hydrogens (primary N) is 1. The van der Waals surface area contributed by atoms with Gasteiger partial charge in [0.2, 0.25) is 10.0 Å². The Bertz CT molecular complexity index is 897. The second kappa shape index (κ2) is 7.34. The van der Waals surface area contributed by atoms with Gasteiger partial charge < -0.3 is 10.2 Å². The molecule has 0 aliphatic rings. The number of amides is 2. The van der Waals surface area contributed by atoms with Crippen LogP contribution >= 0.6 is 0 Å². The average Bonchev–Trinajstić information content (AvgIpc) is 2.54. The highest BCUT2D eigenvalue weighted by Crippen LogP contribution is 2.32. The number of anilines is 1. The summed E-state index contributed by atoms with van der Waals surface area (Å²) >= 11 is 0. The fourth-order valence-electron chi connectivity index (χ4n) is 2.21. The van der Waals surface area contributed by atoms with Gasteiger partial charge in [-0.15, -0.1) is 0 Å². The third kappa shape index (κ3) is 4.96. The molecule has 0 heterocycles. The van der Waals surface area contributed by atoms with Gasteiger partial charge >= 0.3 is 12.2 Å². The fraction of sp³-hybridized carbons (Fsp3) is 0.188. The van der Waals surface area contributed by atoms with Crippen molar-refractivity contribution in [1.29, 1.82) is 0 Å². The van der Waals surface area contributed by atoms with Crippen LogP contribution in [-0.4, -0.2) is 26.4 Å². The first-order valence-corrected chi connectivity index (χ1v) is 8.83. The maximum absolute atomic E-state index is 13.0. The first-order valence-electron chi connectivity index (χ1n) is 7.28. The van der Waals surface area contributed by atoms with Crippen molar-refractivity contribution in [3.63, 3.8) is 0 Å². The molecule has 2 aromatic rings. The largest absolute Gasteiger partial charge is 0.416 e. The summed E-state index contributed by atoms with van der Waals surface area (Å²) in [5, 5.41) is 7.45. The lowest BCUT2D eigenvalue weighted by molar-refractivity contribution is -0.138. The van der Waals surface area contributed by atoms with Gasteiger partial charge in [-0.2, -0.15) is 13.2 Å². The van der Waals surface area contributed by atoms with E-state index in [2.05, 4.69) is 5.32 Å². The Morgan fingerprint density at radius 1 is 1.12 bits per heavy atom. The van der Waals surface area contributed by atoms with Gasteiger partial charge in [-0.3, -0.25) is 0 Å². The van der Waals surface area contributed by atoms with Crippen LogP contribution in [0.15, 0.2) is 53.4 Å². The van der Waals surface area contributed by atoms with Crippen LogP contribution in [0, 0.1) is 0 Å². The zero-order valence-electron chi connectivity index (χ0n) is 13.6. The zero-order valence-corrected chi connectivity index (χ0v) is 14.4. The quantitative estimate of drug-likeness (QED) is 0.845. The third-order valence-corrected chi connectivity index (χ3v) is 4.44. The molecule has 0 aromatic heterocycles. The summed E-state index contributed by atoms with van der Waals surface area (Å²) in [5.74, 6) is 0. The van der Waals surface area contributed by atoms with Crippen molar-refractivity contribution in [1.82, 2.24) is 4.90 Å². The number of benzene rings is 2. The van der Waals surface area contributed by atoms with E-state index in [1.54, 1.807) is 0 Å². The van der Waals surface area contributed by atoms with Crippen molar-refractivity contribution in [3.05, 3.63) is 59.7 Å². The Morgan fingerprint density at radius 3 is 2.23 bits per heavy atom. The Labute approximate surface area is 148 Å². The smallest absolute Gasteiger partial charge is 0.323 e. The first-order chi connectivity index (χ1) is 12.0. The number of carbonyl (C=O) groups is 1. The number of hydrogen-bond acceptors (Lipinski definition) is 3. The summed E-state index contributed by atoms with van der Waals surface area (Å²) in [7, 11) is -2.51. The van der Waals surface area contributed by atoms with Crippen LogP contribution in [0.1, 0.15) is 11.1 Å². The fourth-order valence-corrected chi connectivity index (χ4v) is 2.72. The van der Waals surface area contributed by atoms with Crippen LogP contribution in [0.25, 0.3) is 0 Å². The Hall–Kier alpha value is -2.59. The molecular weight excluding hydrogens is 371 g/mol. The van der Waals surface area contributed by atoms with Crippen LogP contribution in [0.4, 0.5) is 23.7 Å². The molecule has 140 valence electrons. The van der Waals surface area contributed by atoms with Gasteiger partial charge in [0.1, 0.15) is 0 Å². The van der Waals surface area contributed by atoms with E-state index in [9.17, 15) is 26.4 Å². The minimum atomic E-state index is -4.52. The lowest BCUT2D eigenvalue weighted by Crippen LogP contribution is -2.31. The van der Waals surface area contributed by atoms with Gasteiger partial charge in [-0.25, -0.2) is 18.4 Å². The van der Waals surface area contributed by atoms with Gasteiger partial charge in [-0.05, 0) is 35.9 Å². The molecule has 0 fully saturated rings. The molecule has 0 unspecified atom stereocenters. The lowest BCUT2D eigenvalue weighted by atomic mass is 10.1. The molecule has 2 amide bonds. The molecule has 0 spiro atoms. The number of alkyl halides is 3. The first kappa shape index (κ1) is 19.7. The maximum atomic E-state index is 13.0. The Kier molecular flexibility index (Phi) is 5.57. The number of nitrogens with zero attached hydrogens (tertiary/aromatic N) is 1. The normalized spacial score (nSPS) is 11.9. The molecular formula is C16H16F3N3O3S. The summed E-state index contributed by atoms with van der Waals surface area (Å²) in [4.78, 5) is 13.1. The number of carbonyl (C=O) groups excluding carboxylic acids is 1. The molecule has 0 bridgehead atoms. The van der Waals surface area contributed by atoms with Crippen LogP contribution in [0.2, 0.25) is 0 Å². The van der Waals surface area contributed by atoms with Gasteiger partial charge in [0, 0.05) is 19.3 Å². The molecule has 10 heteroatoms. The molecule has 0 saturated heterocycles. The molecule has 26 heavy (non-hydrogen) atoms. The number of rotatable bonds is 4. The molecule has 6 nitrogen and oxygen atoms in total. The number of hydrogen-bond donors (Lipinski definition) is 2. The third-order valence-electron chi connectivity index (χ3n) is 3.51. The molecule has 0 radical (unpaired) electrons. The summed E-state index contributed by atoms with van der Waals surface area (Å²) in [6.07, 6.45) is -4.52. The van der Waals surface area contributed by atoms with Crippen molar-refractivity contribution < 1.29 is 26.4 Å². The molecule has 3 N–H and O–H groups in total. The van der Waals surface area contributed by atoms with Crippen molar-refractivity contribution in [2.45, 2.75) is 17.6 Å².